The Balaban J connectivity index is 2.23. The standard InChI is InChI=1S/C19H21NOS/c1-5-21-16-11-10-13-8-6-7-9-14(13)17(16)15-12-22-18(20-15)19(2,3)4/h6-12H,5H2,1-4H3. The topological polar surface area (TPSA) is 22.1 Å². The van der Waals surface area contributed by atoms with Crippen molar-refractivity contribution in [3.8, 4) is 17.0 Å². The lowest BCUT2D eigenvalue weighted by Crippen LogP contribution is -2.10. The number of benzene rings is 2. The van der Waals surface area contributed by atoms with E-state index in [-0.39, 0.29) is 5.41 Å². The van der Waals surface area contributed by atoms with Crippen LogP contribution in [-0.2, 0) is 5.41 Å². The van der Waals surface area contributed by atoms with Crippen molar-refractivity contribution in [2.45, 2.75) is 33.1 Å². The van der Waals surface area contributed by atoms with Gasteiger partial charge in [-0.15, -0.1) is 11.3 Å². The van der Waals surface area contributed by atoms with Gasteiger partial charge in [-0.25, -0.2) is 4.98 Å². The Labute approximate surface area is 135 Å². The molecule has 3 aromatic rings. The van der Waals surface area contributed by atoms with Crippen LogP contribution in [0.5, 0.6) is 5.75 Å². The van der Waals surface area contributed by atoms with Crippen LogP contribution >= 0.6 is 11.3 Å². The van der Waals surface area contributed by atoms with Gasteiger partial charge in [-0.1, -0.05) is 51.1 Å². The van der Waals surface area contributed by atoms with E-state index in [0.29, 0.717) is 6.61 Å². The van der Waals surface area contributed by atoms with Crippen LogP contribution in [0.2, 0.25) is 0 Å². The average molecular weight is 311 g/mol. The normalized spacial score (nSPS) is 11.8. The summed E-state index contributed by atoms with van der Waals surface area (Å²) in [5.74, 6) is 0.909. The second-order valence-corrected chi connectivity index (χ2v) is 7.24. The first-order valence-corrected chi connectivity index (χ1v) is 8.49. The van der Waals surface area contributed by atoms with Crippen LogP contribution in [0.4, 0.5) is 0 Å². The molecule has 0 N–H and O–H groups in total. The highest BCUT2D eigenvalue weighted by Gasteiger charge is 2.20. The molecule has 3 heteroatoms. The molecule has 0 atom stereocenters. The summed E-state index contributed by atoms with van der Waals surface area (Å²) in [5, 5.41) is 5.70. The molecule has 0 aliphatic heterocycles. The van der Waals surface area contributed by atoms with E-state index in [1.807, 2.05) is 6.92 Å². The summed E-state index contributed by atoms with van der Waals surface area (Å²) < 4.78 is 5.86. The molecule has 0 saturated heterocycles. The molecular formula is C19H21NOS. The summed E-state index contributed by atoms with van der Waals surface area (Å²) >= 11 is 1.72. The summed E-state index contributed by atoms with van der Waals surface area (Å²) in [4.78, 5) is 4.88. The van der Waals surface area contributed by atoms with Crippen LogP contribution < -0.4 is 4.74 Å². The van der Waals surface area contributed by atoms with Crippen molar-refractivity contribution in [3.05, 3.63) is 46.8 Å². The molecule has 1 heterocycles. The molecule has 0 aliphatic carbocycles. The highest BCUT2D eigenvalue weighted by atomic mass is 32.1. The molecular weight excluding hydrogens is 290 g/mol. The minimum Gasteiger partial charge on any atom is -0.493 e. The van der Waals surface area contributed by atoms with E-state index in [2.05, 4.69) is 62.5 Å². The van der Waals surface area contributed by atoms with Gasteiger partial charge in [-0.2, -0.15) is 0 Å². The Morgan fingerprint density at radius 1 is 1.09 bits per heavy atom. The molecule has 0 amide bonds. The lowest BCUT2D eigenvalue weighted by molar-refractivity contribution is 0.342. The molecule has 2 nitrogen and oxygen atoms in total. The Kier molecular flexibility index (Phi) is 3.92. The molecule has 0 spiro atoms. The van der Waals surface area contributed by atoms with E-state index in [0.717, 1.165) is 22.0 Å². The molecule has 2 aromatic carbocycles. The lowest BCUT2D eigenvalue weighted by Gasteiger charge is -2.14. The summed E-state index contributed by atoms with van der Waals surface area (Å²) in [7, 11) is 0. The zero-order valence-electron chi connectivity index (χ0n) is 13.5. The van der Waals surface area contributed by atoms with Crippen molar-refractivity contribution in [1.29, 1.82) is 0 Å². The number of aromatic nitrogens is 1. The fraction of sp³-hybridized carbons (Fsp3) is 0.316. The molecule has 0 aliphatic rings. The van der Waals surface area contributed by atoms with E-state index in [1.165, 1.54) is 10.8 Å². The number of rotatable bonds is 3. The van der Waals surface area contributed by atoms with E-state index >= 15 is 0 Å². The third kappa shape index (κ3) is 2.73. The molecule has 0 unspecified atom stereocenters. The SMILES string of the molecule is CCOc1ccc2ccccc2c1-c1csc(C(C)(C)C)n1. The summed E-state index contributed by atoms with van der Waals surface area (Å²) in [6, 6.07) is 12.6. The lowest BCUT2D eigenvalue weighted by atomic mass is 9.98. The first-order chi connectivity index (χ1) is 10.5. The third-order valence-corrected chi connectivity index (χ3v) is 4.86. The van der Waals surface area contributed by atoms with Crippen LogP contribution in [0.15, 0.2) is 41.8 Å². The maximum Gasteiger partial charge on any atom is 0.129 e. The van der Waals surface area contributed by atoms with E-state index in [4.69, 9.17) is 9.72 Å². The minimum atomic E-state index is 0.0687. The smallest absolute Gasteiger partial charge is 0.129 e. The molecule has 3 rings (SSSR count). The van der Waals surface area contributed by atoms with Gasteiger partial charge in [-0.3, -0.25) is 0 Å². The van der Waals surface area contributed by atoms with Crippen molar-refractivity contribution >= 4 is 22.1 Å². The number of hydrogen-bond acceptors (Lipinski definition) is 3. The fourth-order valence-electron chi connectivity index (χ4n) is 2.52. The average Bonchev–Trinajstić information content (AvgIpc) is 2.97. The van der Waals surface area contributed by atoms with Gasteiger partial charge in [0, 0.05) is 10.8 Å². The summed E-state index contributed by atoms with van der Waals surface area (Å²) in [6.45, 7) is 9.26. The van der Waals surface area contributed by atoms with Crippen LogP contribution in [0.3, 0.4) is 0 Å². The number of hydrogen-bond donors (Lipinski definition) is 0. The van der Waals surface area contributed by atoms with Gasteiger partial charge >= 0.3 is 0 Å². The third-order valence-electron chi connectivity index (χ3n) is 3.59. The van der Waals surface area contributed by atoms with Gasteiger partial charge in [0.2, 0.25) is 0 Å². The first kappa shape index (κ1) is 15.0. The Hall–Kier alpha value is -1.87. The van der Waals surface area contributed by atoms with Gasteiger partial charge < -0.3 is 4.74 Å². The zero-order valence-corrected chi connectivity index (χ0v) is 14.3. The quantitative estimate of drug-likeness (QED) is 0.622. The minimum absolute atomic E-state index is 0.0687. The van der Waals surface area contributed by atoms with Crippen LogP contribution in [0.1, 0.15) is 32.7 Å². The second kappa shape index (κ2) is 5.73. The number of fused-ring (bicyclic) bond motifs is 1. The maximum absolute atomic E-state index is 5.86. The summed E-state index contributed by atoms with van der Waals surface area (Å²) in [5.41, 5.74) is 2.18. The first-order valence-electron chi connectivity index (χ1n) is 7.61. The van der Waals surface area contributed by atoms with E-state index in [9.17, 15) is 0 Å². The Morgan fingerprint density at radius 2 is 1.86 bits per heavy atom. The van der Waals surface area contributed by atoms with Crippen LogP contribution in [-0.4, -0.2) is 11.6 Å². The predicted molar refractivity (Wildman–Crippen MR) is 94.9 cm³/mol. The maximum atomic E-state index is 5.86. The Morgan fingerprint density at radius 3 is 2.55 bits per heavy atom. The van der Waals surface area contributed by atoms with Crippen molar-refractivity contribution in [1.82, 2.24) is 4.98 Å². The van der Waals surface area contributed by atoms with Gasteiger partial charge in [-0.05, 0) is 23.8 Å². The highest BCUT2D eigenvalue weighted by Crippen LogP contribution is 2.39. The van der Waals surface area contributed by atoms with Gasteiger partial charge in [0.15, 0.2) is 0 Å². The second-order valence-electron chi connectivity index (χ2n) is 6.38. The van der Waals surface area contributed by atoms with E-state index < -0.39 is 0 Å². The fourth-order valence-corrected chi connectivity index (χ4v) is 3.42. The molecule has 0 saturated carbocycles. The largest absolute Gasteiger partial charge is 0.493 e. The summed E-state index contributed by atoms with van der Waals surface area (Å²) in [6.07, 6.45) is 0. The molecule has 0 fully saturated rings. The molecule has 1 aromatic heterocycles. The monoisotopic (exact) mass is 311 g/mol. The van der Waals surface area contributed by atoms with Crippen LogP contribution in [0, 0.1) is 0 Å². The molecule has 22 heavy (non-hydrogen) atoms. The van der Waals surface area contributed by atoms with Crippen molar-refractivity contribution in [3.63, 3.8) is 0 Å². The number of ether oxygens (including phenoxy) is 1. The number of nitrogens with zero attached hydrogens (tertiary/aromatic N) is 1. The van der Waals surface area contributed by atoms with Crippen LogP contribution in [0.25, 0.3) is 22.0 Å². The van der Waals surface area contributed by atoms with Crippen molar-refractivity contribution in [2.24, 2.45) is 0 Å². The van der Waals surface area contributed by atoms with Gasteiger partial charge in [0.1, 0.15) is 5.75 Å². The highest BCUT2D eigenvalue weighted by molar-refractivity contribution is 7.10. The molecule has 0 radical (unpaired) electrons. The molecule has 0 bridgehead atoms. The molecule has 114 valence electrons. The predicted octanol–water partition coefficient (Wildman–Crippen LogP) is 5.66. The zero-order chi connectivity index (χ0) is 15.7. The van der Waals surface area contributed by atoms with Gasteiger partial charge in [0.05, 0.1) is 22.9 Å². The van der Waals surface area contributed by atoms with Gasteiger partial charge in [0.25, 0.3) is 0 Å². The van der Waals surface area contributed by atoms with E-state index in [1.54, 1.807) is 11.3 Å². The van der Waals surface area contributed by atoms with Crippen molar-refractivity contribution in [2.75, 3.05) is 6.61 Å². The Bertz CT molecular complexity index is 799. The number of thiazole rings is 1. The van der Waals surface area contributed by atoms with Crippen molar-refractivity contribution < 1.29 is 4.74 Å².